The molecule has 2 amide bonds. The molecule has 134 valence electrons. The van der Waals surface area contributed by atoms with E-state index in [0.29, 0.717) is 29.6 Å². The molecule has 0 radical (unpaired) electrons. The number of carbonyl (C=O) groups is 1. The molecule has 0 fully saturated rings. The van der Waals surface area contributed by atoms with Gasteiger partial charge in [0.1, 0.15) is 11.4 Å². The molecule has 2 rings (SSSR count). The number of hydrogen-bond donors (Lipinski definition) is 2. The lowest BCUT2D eigenvalue weighted by molar-refractivity contribution is 0.00521. The highest BCUT2D eigenvalue weighted by Crippen LogP contribution is 2.26. The van der Waals surface area contributed by atoms with E-state index in [1.807, 2.05) is 44.2 Å². The lowest BCUT2D eigenvalue weighted by atomic mass is 9.96. The lowest BCUT2D eigenvalue weighted by Gasteiger charge is -2.29. The molecule has 1 unspecified atom stereocenters. The van der Waals surface area contributed by atoms with Crippen LogP contribution in [-0.2, 0) is 10.3 Å². The fraction of sp³-hybridized carbons (Fsp3) is 0.316. The van der Waals surface area contributed by atoms with Gasteiger partial charge in [-0.15, -0.1) is 0 Å². The summed E-state index contributed by atoms with van der Waals surface area (Å²) in [6.07, 6.45) is 0. The number of carbonyl (C=O) groups excluding carboxylic acids is 1. The van der Waals surface area contributed by atoms with Crippen LogP contribution in [0.5, 0.6) is 5.75 Å². The SMILES string of the molecule is CCOc1cccc(NC(=O)NCC(C)(OC)c2cccc(Cl)c2)c1. The van der Waals surface area contributed by atoms with Crippen molar-refractivity contribution in [2.45, 2.75) is 19.4 Å². The van der Waals surface area contributed by atoms with Crippen molar-refractivity contribution in [2.75, 3.05) is 25.6 Å². The van der Waals surface area contributed by atoms with Crippen molar-refractivity contribution in [3.63, 3.8) is 0 Å². The molecule has 0 aliphatic carbocycles. The number of anilines is 1. The summed E-state index contributed by atoms with van der Waals surface area (Å²) in [6.45, 7) is 4.67. The molecule has 0 heterocycles. The number of benzene rings is 2. The van der Waals surface area contributed by atoms with Crippen LogP contribution in [-0.4, -0.2) is 26.3 Å². The van der Waals surface area contributed by atoms with Crippen LogP contribution in [0.15, 0.2) is 48.5 Å². The standard InChI is InChI=1S/C19H23ClN2O3/c1-4-25-17-10-6-9-16(12-17)22-18(23)21-13-19(2,24-3)14-7-5-8-15(20)11-14/h5-12H,4,13H2,1-3H3,(H2,21,22,23). The van der Waals surface area contributed by atoms with Crippen molar-refractivity contribution in [3.05, 3.63) is 59.1 Å². The van der Waals surface area contributed by atoms with E-state index >= 15 is 0 Å². The van der Waals surface area contributed by atoms with Gasteiger partial charge in [-0.3, -0.25) is 0 Å². The first-order valence-electron chi connectivity index (χ1n) is 8.06. The van der Waals surface area contributed by atoms with Gasteiger partial charge in [-0.1, -0.05) is 29.8 Å². The fourth-order valence-corrected chi connectivity index (χ4v) is 2.55. The summed E-state index contributed by atoms with van der Waals surface area (Å²) in [6, 6.07) is 14.3. The average Bonchev–Trinajstić information content (AvgIpc) is 2.60. The molecule has 0 aromatic heterocycles. The summed E-state index contributed by atoms with van der Waals surface area (Å²) >= 11 is 6.05. The Morgan fingerprint density at radius 3 is 2.64 bits per heavy atom. The van der Waals surface area contributed by atoms with Crippen LogP contribution in [0, 0.1) is 0 Å². The second-order valence-corrected chi connectivity index (χ2v) is 6.15. The zero-order valence-corrected chi connectivity index (χ0v) is 15.4. The van der Waals surface area contributed by atoms with Gasteiger partial charge in [-0.05, 0) is 43.7 Å². The van der Waals surface area contributed by atoms with Gasteiger partial charge >= 0.3 is 6.03 Å². The van der Waals surface area contributed by atoms with Crippen LogP contribution in [0.2, 0.25) is 5.02 Å². The van der Waals surface area contributed by atoms with Gasteiger partial charge in [-0.2, -0.15) is 0 Å². The minimum atomic E-state index is -0.685. The summed E-state index contributed by atoms with van der Waals surface area (Å²) in [5, 5.41) is 6.24. The normalized spacial score (nSPS) is 13.0. The van der Waals surface area contributed by atoms with Crippen LogP contribution in [0.3, 0.4) is 0 Å². The molecule has 0 spiro atoms. The maximum absolute atomic E-state index is 12.2. The van der Waals surface area contributed by atoms with Crippen molar-refractivity contribution >= 4 is 23.3 Å². The number of halogens is 1. The number of hydrogen-bond acceptors (Lipinski definition) is 3. The van der Waals surface area contributed by atoms with Gasteiger partial charge in [0.15, 0.2) is 0 Å². The summed E-state index contributed by atoms with van der Waals surface area (Å²) in [7, 11) is 1.60. The smallest absolute Gasteiger partial charge is 0.319 e. The van der Waals surface area contributed by atoms with Crippen molar-refractivity contribution in [2.24, 2.45) is 0 Å². The highest BCUT2D eigenvalue weighted by molar-refractivity contribution is 6.30. The fourth-order valence-electron chi connectivity index (χ4n) is 2.36. The minimum Gasteiger partial charge on any atom is -0.494 e. The van der Waals surface area contributed by atoms with Gasteiger partial charge in [0.05, 0.1) is 13.2 Å². The quantitative estimate of drug-likeness (QED) is 0.766. The zero-order chi connectivity index (χ0) is 18.3. The predicted octanol–water partition coefficient (Wildman–Crippen LogP) is 4.42. The Kier molecular flexibility index (Phi) is 6.67. The summed E-state index contributed by atoms with van der Waals surface area (Å²) in [4.78, 5) is 12.2. The van der Waals surface area contributed by atoms with Crippen molar-refractivity contribution < 1.29 is 14.3 Å². The molecule has 25 heavy (non-hydrogen) atoms. The van der Waals surface area contributed by atoms with Gasteiger partial charge < -0.3 is 20.1 Å². The molecular formula is C19H23ClN2O3. The highest BCUT2D eigenvalue weighted by atomic mass is 35.5. The maximum atomic E-state index is 12.2. The van der Waals surface area contributed by atoms with Crippen molar-refractivity contribution in [1.82, 2.24) is 5.32 Å². The maximum Gasteiger partial charge on any atom is 0.319 e. The third kappa shape index (κ3) is 5.37. The average molecular weight is 363 g/mol. The molecule has 1 atom stereocenters. The van der Waals surface area contributed by atoms with Gasteiger partial charge in [0.2, 0.25) is 0 Å². The first-order chi connectivity index (χ1) is 12.0. The van der Waals surface area contributed by atoms with Gasteiger partial charge in [-0.25, -0.2) is 4.79 Å². The van der Waals surface area contributed by atoms with Crippen molar-refractivity contribution in [1.29, 1.82) is 0 Å². The molecule has 2 N–H and O–H groups in total. The Hall–Kier alpha value is -2.24. The van der Waals surface area contributed by atoms with E-state index < -0.39 is 5.60 Å². The molecule has 0 bridgehead atoms. The molecule has 6 heteroatoms. The topological polar surface area (TPSA) is 59.6 Å². The molecule has 0 aliphatic heterocycles. The van der Waals surface area contributed by atoms with Crippen LogP contribution in [0.4, 0.5) is 10.5 Å². The largest absolute Gasteiger partial charge is 0.494 e. The van der Waals surface area contributed by atoms with E-state index in [9.17, 15) is 4.79 Å². The number of methoxy groups -OCH3 is 1. The Morgan fingerprint density at radius 1 is 1.20 bits per heavy atom. The summed E-state index contributed by atoms with van der Waals surface area (Å²) in [5.74, 6) is 0.709. The van der Waals surface area contributed by atoms with Crippen LogP contribution in [0.1, 0.15) is 19.4 Å². The molecular weight excluding hydrogens is 340 g/mol. The van der Waals surface area contributed by atoms with Crippen LogP contribution >= 0.6 is 11.6 Å². The zero-order valence-electron chi connectivity index (χ0n) is 14.6. The van der Waals surface area contributed by atoms with E-state index in [4.69, 9.17) is 21.1 Å². The van der Waals surface area contributed by atoms with E-state index in [-0.39, 0.29) is 6.03 Å². The highest BCUT2D eigenvalue weighted by Gasteiger charge is 2.27. The number of urea groups is 1. The van der Waals surface area contributed by atoms with Crippen LogP contribution in [0.25, 0.3) is 0 Å². The lowest BCUT2D eigenvalue weighted by Crippen LogP contribution is -2.41. The third-order valence-electron chi connectivity index (χ3n) is 3.87. The first kappa shape index (κ1) is 19.1. The van der Waals surface area contributed by atoms with Gasteiger partial charge in [0.25, 0.3) is 0 Å². The number of ether oxygens (including phenoxy) is 2. The van der Waals surface area contributed by atoms with E-state index in [0.717, 1.165) is 5.56 Å². The Morgan fingerprint density at radius 2 is 1.96 bits per heavy atom. The number of rotatable bonds is 7. The molecule has 2 aromatic rings. The summed E-state index contributed by atoms with van der Waals surface area (Å²) in [5.41, 5.74) is 0.863. The predicted molar refractivity (Wildman–Crippen MR) is 100 cm³/mol. The Labute approximate surface area is 153 Å². The second kappa shape index (κ2) is 8.74. The monoisotopic (exact) mass is 362 g/mol. The minimum absolute atomic E-state index is 0.292. The molecule has 0 saturated heterocycles. The molecule has 5 nitrogen and oxygen atoms in total. The van der Waals surface area contributed by atoms with Crippen molar-refractivity contribution in [3.8, 4) is 5.75 Å². The second-order valence-electron chi connectivity index (χ2n) is 5.71. The third-order valence-corrected chi connectivity index (χ3v) is 4.11. The number of amides is 2. The molecule has 0 saturated carbocycles. The van der Waals surface area contributed by atoms with Gasteiger partial charge in [0, 0.05) is 23.9 Å². The van der Waals surface area contributed by atoms with E-state index in [2.05, 4.69) is 10.6 Å². The first-order valence-corrected chi connectivity index (χ1v) is 8.43. The molecule has 0 aliphatic rings. The van der Waals surface area contributed by atoms with Crippen LogP contribution < -0.4 is 15.4 Å². The number of nitrogens with one attached hydrogen (secondary N) is 2. The molecule has 2 aromatic carbocycles. The van der Waals surface area contributed by atoms with E-state index in [1.54, 1.807) is 25.3 Å². The summed E-state index contributed by atoms with van der Waals surface area (Å²) < 4.78 is 11.0. The Balaban J connectivity index is 1.99. The Bertz CT molecular complexity index is 723. The van der Waals surface area contributed by atoms with E-state index in [1.165, 1.54) is 0 Å².